The maximum Gasteiger partial charge on any atom is 0.401 e. The molecule has 0 aliphatic carbocycles. The third-order valence-electron chi connectivity index (χ3n) is 2.19. The lowest BCUT2D eigenvalue weighted by Gasteiger charge is -2.29. The predicted molar refractivity (Wildman–Crippen MR) is 49.6 cm³/mol. The lowest BCUT2D eigenvalue weighted by atomic mass is 10.1. The van der Waals surface area contributed by atoms with Crippen molar-refractivity contribution in [1.29, 1.82) is 0 Å². The first-order chi connectivity index (χ1) is 6.80. The molecule has 0 aliphatic heterocycles. The third-order valence-corrected chi connectivity index (χ3v) is 2.19. The van der Waals surface area contributed by atoms with Gasteiger partial charge in [-0.05, 0) is 13.0 Å². The normalized spacial score (nSPS) is 14.3. The summed E-state index contributed by atoms with van der Waals surface area (Å²) in [7, 11) is 0. The van der Waals surface area contributed by atoms with Gasteiger partial charge in [0, 0.05) is 6.04 Å². The molecule has 1 N–H and O–H groups in total. The Morgan fingerprint density at radius 1 is 1.40 bits per heavy atom. The van der Waals surface area contributed by atoms with Crippen LogP contribution in [0.15, 0.2) is 0 Å². The van der Waals surface area contributed by atoms with Gasteiger partial charge in [-0.2, -0.15) is 13.2 Å². The van der Waals surface area contributed by atoms with Crippen molar-refractivity contribution >= 4 is 5.97 Å². The molecule has 1 unspecified atom stereocenters. The van der Waals surface area contributed by atoms with Gasteiger partial charge in [0.25, 0.3) is 0 Å². The van der Waals surface area contributed by atoms with Gasteiger partial charge in [0.15, 0.2) is 0 Å². The van der Waals surface area contributed by atoms with Crippen LogP contribution in [0.1, 0.15) is 26.7 Å². The first-order valence-corrected chi connectivity index (χ1v) is 4.82. The summed E-state index contributed by atoms with van der Waals surface area (Å²) in [6.07, 6.45) is -4.13. The number of halogens is 3. The Kier molecular flexibility index (Phi) is 5.64. The highest BCUT2D eigenvalue weighted by atomic mass is 19.4. The highest BCUT2D eigenvalue weighted by Gasteiger charge is 2.33. The molecule has 0 radical (unpaired) electrons. The maximum atomic E-state index is 12.1. The van der Waals surface area contributed by atoms with Gasteiger partial charge in [-0.1, -0.05) is 13.8 Å². The Hall–Kier alpha value is -0.780. The van der Waals surface area contributed by atoms with E-state index in [-0.39, 0.29) is 13.0 Å². The Morgan fingerprint density at radius 3 is 2.20 bits per heavy atom. The summed E-state index contributed by atoms with van der Waals surface area (Å²) in [5, 5.41) is 8.55. The largest absolute Gasteiger partial charge is 0.481 e. The fraction of sp³-hybridized carbons (Fsp3) is 0.889. The van der Waals surface area contributed by atoms with Crippen LogP contribution in [0.3, 0.4) is 0 Å². The lowest BCUT2D eigenvalue weighted by molar-refractivity contribution is -0.155. The van der Waals surface area contributed by atoms with Crippen LogP contribution in [0.2, 0.25) is 0 Å². The second-order valence-corrected chi connectivity index (χ2v) is 3.34. The molecule has 0 rings (SSSR count). The summed E-state index contributed by atoms with van der Waals surface area (Å²) < 4.78 is 36.4. The molecule has 0 aromatic rings. The molecule has 0 heterocycles. The quantitative estimate of drug-likeness (QED) is 0.755. The van der Waals surface area contributed by atoms with Crippen molar-refractivity contribution in [3.63, 3.8) is 0 Å². The lowest BCUT2D eigenvalue weighted by Crippen LogP contribution is -2.42. The number of carboxylic acids is 1. The average Bonchev–Trinajstić information content (AvgIpc) is 2.08. The van der Waals surface area contributed by atoms with E-state index in [0.29, 0.717) is 6.42 Å². The first kappa shape index (κ1) is 14.2. The van der Waals surface area contributed by atoms with Crippen LogP contribution in [-0.4, -0.2) is 41.3 Å². The van der Waals surface area contributed by atoms with Crippen LogP contribution in [0.5, 0.6) is 0 Å². The molecule has 1 atom stereocenters. The highest BCUT2D eigenvalue weighted by molar-refractivity contribution is 5.67. The van der Waals surface area contributed by atoms with Gasteiger partial charge < -0.3 is 5.11 Å². The molecule has 0 aromatic carbocycles. The molecule has 0 aliphatic rings. The van der Waals surface area contributed by atoms with E-state index in [9.17, 15) is 18.0 Å². The summed E-state index contributed by atoms with van der Waals surface area (Å²) in [5.41, 5.74) is 0. The van der Waals surface area contributed by atoms with Crippen molar-refractivity contribution in [2.75, 3.05) is 13.1 Å². The Labute approximate surface area is 86.9 Å². The topological polar surface area (TPSA) is 40.5 Å². The zero-order valence-electron chi connectivity index (χ0n) is 8.84. The minimum absolute atomic E-state index is 0.200. The van der Waals surface area contributed by atoms with Gasteiger partial charge in [0.05, 0.1) is 13.0 Å². The molecule has 6 heteroatoms. The van der Waals surface area contributed by atoms with Crippen LogP contribution < -0.4 is 0 Å². The molecule has 0 aromatic heterocycles. The van der Waals surface area contributed by atoms with Gasteiger partial charge in [0.1, 0.15) is 0 Å². The van der Waals surface area contributed by atoms with E-state index in [4.69, 9.17) is 5.11 Å². The molecule has 0 spiro atoms. The second-order valence-electron chi connectivity index (χ2n) is 3.34. The molecule has 0 saturated carbocycles. The zero-order chi connectivity index (χ0) is 12.1. The number of aliphatic carboxylic acids is 1. The number of carboxylic acid groups (broad SMARTS) is 1. The van der Waals surface area contributed by atoms with Crippen LogP contribution in [0, 0.1) is 0 Å². The summed E-state index contributed by atoms with van der Waals surface area (Å²) in [5.74, 6) is -1.07. The van der Waals surface area contributed by atoms with E-state index in [1.54, 1.807) is 13.8 Å². The molecular formula is C9H16F3NO2. The fourth-order valence-corrected chi connectivity index (χ4v) is 1.46. The standard InChI is InChI=1S/C9H16F3NO2/c1-3-7(5-8(14)15)13(4-2)6-9(10,11)12/h7H,3-6H2,1-2H3,(H,14,15). The third kappa shape index (κ3) is 6.33. The number of hydrogen-bond donors (Lipinski definition) is 1. The Bertz CT molecular complexity index is 206. The number of hydrogen-bond acceptors (Lipinski definition) is 2. The van der Waals surface area contributed by atoms with E-state index in [1.165, 1.54) is 0 Å². The monoisotopic (exact) mass is 227 g/mol. The van der Waals surface area contributed by atoms with Crippen LogP contribution >= 0.6 is 0 Å². The molecule has 0 saturated heterocycles. The number of rotatable bonds is 6. The van der Waals surface area contributed by atoms with Crippen LogP contribution in [0.25, 0.3) is 0 Å². The van der Waals surface area contributed by atoms with Crippen molar-refractivity contribution in [3.8, 4) is 0 Å². The van der Waals surface area contributed by atoms with Crippen molar-refractivity contribution in [1.82, 2.24) is 4.90 Å². The van der Waals surface area contributed by atoms with Gasteiger partial charge >= 0.3 is 12.1 Å². The van der Waals surface area contributed by atoms with Gasteiger partial charge in [-0.25, -0.2) is 0 Å². The highest BCUT2D eigenvalue weighted by Crippen LogP contribution is 2.19. The zero-order valence-corrected chi connectivity index (χ0v) is 8.84. The minimum Gasteiger partial charge on any atom is -0.481 e. The second kappa shape index (κ2) is 5.95. The molecular weight excluding hydrogens is 211 g/mol. The van der Waals surface area contributed by atoms with E-state index in [1.807, 2.05) is 0 Å². The summed E-state index contributed by atoms with van der Waals surface area (Å²) >= 11 is 0. The summed E-state index contributed by atoms with van der Waals surface area (Å²) in [4.78, 5) is 11.6. The number of nitrogens with zero attached hydrogens (tertiary/aromatic N) is 1. The molecule has 15 heavy (non-hydrogen) atoms. The fourth-order valence-electron chi connectivity index (χ4n) is 1.46. The van der Waals surface area contributed by atoms with Gasteiger partial charge in [0.2, 0.25) is 0 Å². The van der Waals surface area contributed by atoms with Crippen LogP contribution in [-0.2, 0) is 4.79 Å². The van der Waals surface area contributed by atoms with Crippen molar-refractivity contribution in [3.05, 3.63) is 0 Å². The first-order valence-electron chi connectivity index (χ1n) is 4.82. The van der Waals surface area contributed by atoms with Crippen molar-refractivity contribution in [2.24, 2.45) is 0 Å². The summed E-state index contributed by atoms with van der Waals surface area (Å²) in [6.45, 7) is 2.43. The molecule has 3 nitrogen and oxygen atoms in total. The smallest absolute Gasteiger partial charge is 0.401 e. The molecule has 90 valence electrons. The van der Waals surface area contributed by atoms with Crippen molar-refractivity contribution < 1.29 is 23.1 Å². The van der Waals surface area contributed by atoms with Gasteiger partial charge in [-0.3, -0.25) is 9.69 Å². The average molecular weight is 227 g/mol. The SMILES string of the molecule is CCC(CC(=O)O)N(CC)CC(F)(F)F. The number of carbonyl (C=O) groups is 1. The minimum atomic E-state index is -4.28. The summed E-state index contributed by atoms with van der Waals surface area (Å²) in [6, 6.07) is -0.547. The van der Waals surface area contributed by atoms with E-state index in [2.05, 4.69) is 0 Å². The van der Waals surface area contributed by atoms with Crippen LogP contribution in [0.4, 0.5) is 13.2 Å². The molecule has 0 amide bonds. The predicted octanol–water partition coefficient (Wildman–Crippen LogP) is 2.12. The van der Waals surface area contributed by atoms with E-state index in [0.717, 1.165) is 4.90 Å². The maximum absolute atomic E-state index is 12.1. The Balaban J connectivity index is 4.40. The number of alkyl halides is 3. The van der Waals surface area contributed by atoms with Crippen molar-refractivity contribution in [2.45, 2.75) is 38.9 Å². The van der Waals surface area contributed by atoms with Gasteiger partial charge in [-0.15, -0.1) is 0 Å². The molecule has 0 bridgehead atoms. The Morgan fingerprint density at radius 2 is 1.93 bits per heavy atom. The van der Waals surface area contributed by atoms with E-state index >= 15 is 0 Å². The molecule has 0 fully saturated rings. The van der Waals surface area contributed by atoms with E-state index < -0.39 is 24.7 Å².